The van der Waals surface area contributed by atoms with E-state index < -0.39 is 11.9 Å². The molecular formula is C12H15BrN2O3. The topological polar surface area (TPSA) is 84.6 Å². The summed E-state index contributed by atoms with van der Waals surface area (Å²) >= 11 is 3.23. The van der Waals surface area contributed by atoms with Crippen LogP contribution in [0, 0.1) is 0 Å². The Kier molecular flexibility index (Phi) is 3.77. The molecule has 0 bridgehead atoms. The fourth-order valence-electron chi connectivity index (χ4n) is 1.74. The Morgan fingerprint density at radius 3 is 2.78 bits per heavy atom. The van der Waals surface area contributed by atoms with Gasteiger partial charge in [0.15, 0.2) is 11.5 Å². The van der Waals surface area contributed by atoms with Gasteiger partial charge in [-0.05, 0) is 46.5 Å². The average Bonchev–Trinajstić information content (AvgIpc) is 3.13. The Labute approximate surface area is 113 Å². The van der Waals surface area contributed by atoms with Crippen LogP contribution >= 0.6 is 15.9 Å². The van der Waals surface area contributed by atoms with E-state index in [0.717, 1.165) is 12.8 Å². The Morgan fingerprint density at radius 2 is 2.28 bits per heavy atom. The van der Waals surface area contributed by atoms with Crippen LogP contribution in [0.15, 0.2) is 16.6 Å². The number of hydrogen-bond donors (Lipinski definition) is 3. The Balaban J connectivity index is 2.34. The summed E-state index contributed by atoms with van der Waals surface area (Å²) < 4.78 is 5.53. The second-order valence-corrected chi connectivity index (χ2v) is 5.18. The highest BCUT2D eigenvalue weighted by Crippen LogP contribution is 2.37. The summed E-state index contributed by atoms with van der Waals surface area (Å²) in [6.45, 7) is 0. The minimum Gasteiger partial charge on any atom is -0.503 e. The molecule has 1 fully saturated rings. The molecule has 6 heteroatoms. The molecule has 0 heterocycles. The normalized spacial score (nSPS) is 16.3. The molecule has 0 radical (unpaired) electrons. The van der Waals surface area contributed by atoms with E-state index in [1.807, 2.05) is 0 Å². The molecule has 1 amide bonds. The highest BCUT2D eigenvalue weighted by atomic mass is 79.9. The molecule has 0 spiro atoms. The first-order valence-corrected chi connectivity index (χ1v) is 6.44. The minimum absolute atomic E-state index is 0.0101. The predicted octanol–water partition coefficient (Wildman–Crippen LogP) is 1.44. The second-order valence-electron chi connectivity index (χ2n) is 4.33. The van der Waals surface area contributed by atoms with Gasteiger partial charge in [0.2, 0.25) is 5.91 Å². The minimum atomic E-state index is -0.566. The molecule has 1 aromatic carbocycles. The van der Waals surface area contributed by atoms with Crippen molar-refractivity contribution >= 4 is 21.8 Å². The number of hydrogen-bond acceptors (Lipinski definition) is 4. The van der Waals surface area contributed by atoms with E-state index in [0.29, 0.717) is 21.8 Å². The van der Waals surface area contributed by atoms with Crippen molar-refractivity contribution < 1.29 is 14.6 Å². The van der Waals surface area contributed by atoms with Crippen LogP contribution < -0.4 is 15.8 Å². The first kappa shape index (κ1) is 13.2. The fraction of sp³-hybridized carbons (Fsp3) is 0.417. The van der Waals surface area contributed by atoms with Gasteiger partial charge in [-0.1, -0.05) is 0 Å². The molecule has 1 aliphatic rings. The predicted molar refractivity (Wildman–Crippen MR) is 70.5 cm³/mol. The highest BCUT2D eigenvalue weighted by Gasteiger charge is 2.29. The van der Waals surface area contributed by atoms with Gasteiger partial charge in [0.1, 0.15) is 6.04 Å². The molecule has 1 aromatic rings. The lowest BCUT2D eigenvalue weighted by molar-refractivity contribution is -0.120. The summed E-state index contributed by atoms with van der Waals surface area (Å²) in [6, 6.07) is 3.07. The summed E-state index contributed by atoms with van der Waals surface area (Å²) in [7, 11) is 1.46. The van der Waals surface area contributed by atoms with Crippen molar-refractivity contribution in [3.05, 3.63) is 22.2 Å². The monoisotopic (exact) mass is 314 g/mol. The van der Waals surface area contributed by atoms with Gasteiger partial charge in [-0.25, -0.2) is 0 Å². The lowest BCUT2D eigenvalue weighted by Gasteiger charge is -2.17. The lowest BCUT2D eigenvalue weighted by Crippen LogP contribution is -2.34. The van der Waals surface area contributed by atoms with Gasteiger partial charge in [-0.15, -0.1) is 0 Å². The first-order valence-electron chi connectivity index (χ1n) is 5.64. The van der Waals surface area contributed by atoms with Gasteiger partial charge in [0.05, 0.1) is 11.6 Å². The van der Waals surface area contributed by atoms with Gasteiger partial charge in [0.25, 0.3) is 0 Å². The zero-order valence-corrected chi connectivity index (χ0v) is 11.5. The van der Waals surface area contributed by atoms with Crippen LogP contribution in [0.25, 0.3) is 0 Å². The van der Waals surface area contributed by atoms with Crippen LogP contribution in [0.1, 0.15) is 24.4 Å². The van der Waals surface area contributed by atoms with Crippen LogP contribution in [0.2, 0.25) is 0 Å². The Morgan fingerprint density at radius 1 is 1.61 bits per heavy atom. The number of nitrogens with two attached hydrogens (primary N) is 1. The molecule has 0 aromatic heterocycles. The van der Waals surface area contributed by atoms with E-state index in [2.05, 4.69) is 21.2 Å². The molecule has 5 nitrogen and oxygen atoms in total. The second kappa shape index (κ2) is 5.16. The third-order valence-corrected chi connectivity index (χ3v) is 3.47. The largest absolute Gasteiger partial charge is 0.503 e. The molecule has 1 unspecified atom stereocenters. The maximum atomic E-state index is 11.5. The number of phenolic OH excluding ortho intramolecular Hbond substituents is 1. The third-order valence-electron chi connectivity index (χ3n) is 2.87. The van der Waals surface area contributed by atoms with Gasteiger partial charge in [-0.3, -0.25) is 10.1 Å². The maximum Gasteiger partial charge on any atom is 0.239 e. The number of amides is 1. The molecule has 1 atom stereocenters. The number of benzene rings is 1. The summed E-state index contributed by atoms with van der Waals surface area (Å²) in [5.41, 5.74) is 6.08. The number of carbonyl (C=O) groups is 1. The quantitative estimate of drug-likeness (QED) is 0.768. The molecule has 0 saturated heterocycles. The van der Waals surface area contributed by atoms with Crippen LogP contribution in [-0.4, -0.2) is 24.2 Å². The number of aromatic hydroxyl groups is 1. The number of rotatable bonds is 5. The smallest absolute Gasteiger partial charge is 0.239 e. The zero-order chi connectivity index (χ0) is 13.3. The SMILES string of the molecule is COc1cc(C(NC2CC2)C(N)=O)cc(Br)c1O. The average molecular weight is 315 g/mol. The van der Waals surface area contributed by atoms with Gasteiger partial charge in [0, 0.05) is 6.04 Å². The van der Waals surface area contributed by atoms with E-state index >= 15 is 0 Å². The number of ether oxygens (including phenoxy) is 1. The van der Waals surface area contributed by atoms with Crippen molar-refractivity contribution in [2.45, 2.75) is 24.9 Å². The van der Waals surface area contributed by atoms with E-state index in [9.17, 15) is 9.90 Å². The summed E-state index contributed by atoms with van der Waals surface area (Å²) in [4.78, 5) is 11.5. The molecule has 98 valence electrons. The molecule has 1 saturated carbocycles. The molecular weight excluding hydrogens is 300 g/mol. The molecule has 2 rings (SSSR count). The Bertz CT molecular complexity index is 475. The molecule has 1 aliphatic carbocycles. The summed E-state index contributed by atoms with van der Waals surface area (Å²) in [5.74, 6) is -0.124. The van der Waals surface area contributed by atoms with Crippen LogP contribution in [-0.2, 0) is 4.79 Å². The lowest BCUT2D eigenvalue weighted by atomic mass is 10.1. The van der Waals surface area contributed by atoms with Gasteiger partial charge in [-0.2, -0.15) is 0 Å². The third kappa shape index (κ3) is 2.76. The van der Waals surface area contributed by atoms with E-state index in [1.165, 1.54) is 7.11 Å². The maximum absolute atomic E-state index is 11.5. The van der Waals surface area contributed by atoms with Crippen molar-refractivity contribution in [1.82, 2.24) is 5.32 Å². The van der Waals surface area contributed by atoms with Crippen LogP contribution in [0.5, 0.6) is 11.5 Å². The summed E-state index contributed by atoms with van der Waals surface area (Å²) in [6.07, 6.45) is 2.11. The van der Waals surface area contributed by atoms with Gasteiger partial charge < -0.3 is 15.6 Å². The van der Waals surface area contributed by atoms with Crippen LogP contribution in [0.3, 0.4) is 0 Å². The highest BCUT2D eigenvalue weighted by molar-refractivity contribution is 9.10. The van der Waals surface area contributed by atoms with Crippen molar-refractivity contribution in [2.24, 2.45) is 5.73 Å². The van der Waals surface area contributed by atoms with Gasteiger partial charge >= 0.3 is 0 Å². The fourth-order valence-corrected chi connectivity index (χ4v) is 2.20. The molecule has 4 N–H and O–H groups in total. The number of carbonyl (C=O) groups excluding carboxylic acids is 1. The van der Waals surface area contributed by atoms with Crippen molar-refractivity contribution in [1.29, 1.82) is 0 Å². The summed E-state index contributed by atoms with van der Waals surface area (Å²) in [5, 5.41) is 12.9. The first-order chi connectivity index (χ1) is 8.52. The van der Waals surface area contributed by atoms with Crippen molar-refractivity contribution in [2.75, 3.05) is 7.11 Å². The Hall–Kier alpha value is -1.27. The van der Waals surface area contributed by atoms with Crippen molar-refractivity contribution in [3.8, 4) is 11.5 Å². The molecule has 18 heavy (non-hydrogen) atoms. The van der Waals surface area contributed by atoms with Crippen molar-refractivity contribution in [3.63, 3.8) is 0 Å². The zero-order valence-electron chi connectivity index (χ0n) is 9.94. The number of phenols is 1. The van der Waals surface area contributed by atoms with E-state index in [1.54, 1.807) is 12.1 Å². The standard InChI is InChI=1S/C12H15BrN2O3/c1-18-9-5-6(4-8(13)11(9)16)10(12(14)17)15-7-2-3-7/h4-5,7,10,15-16H,2-3H2,1H3,(H2,14,17). The number of primary amides is 1. The van der Waals surface area contributed by atoms with E-state index in [-0.39, 0.29) is 5.75 Å². The number of nitrogens with one attached hydrogen (secondary N) is 1. The van der Waals surface area contributed by atoms with Crippen LogP contribution in [0.4, 0.5) is 0 Å². The number of methoxy groups -OCH3 is 1. The number of halogens is 1. The molecule has 0 aliphatic heterocycles. The van der Waals surface area contributed by atoms with E-state index in [4.69, 9.17) is 10.5 Å².